The van der Waals surface area contributed by atoms with Crippen LogP contribution in [0.3, 0.4) is 0 Å². The number of hydrogen-bond acceptors (Lipinski definition) is 1. The van der Waals surface area contributed by atoms with Gasteiger partial charge in [-0.05, 0) is 22.8 Å². The molecule has 3 aromatic rings. The first-order valence-electron chi connectivity index (χ1n) is 9.05. The van der Waals surface area contributed by atoms with E-state index in [1.165, 1.54) is 16.7 Å². The van der Waals surface area contributed by atoms with Gasteiger partial charge in [-0.15, -0.1) is 0 Å². The number of ketones is 1. The second-order valence-corrected chi connectivity index (χ2v) is 6.20. The maximum absolute atomic E-state index is 12.1. The monoisotopic (exact) mass is 377 g/mol. The van der Waals surface area contributed by atoms with Crippen LogP contribution >= 0.6 is 0 Å². The van der Waals surface area contributed by atoms with Gasteiger partial charge in [0.15, 0.2) is 5.78 Å². The van der Waals surface area contributed by atoms with Gasteiger partial charge in [-0.25, -0.2) is 0 Å². The van der Waals surface area contributed by atoms with Crippen molar-refractivity contribution in [1.29, 1.82) is 0 Å². The van der Waals surface area contributed by atoms with E-state index in [0.717, 1.165) is 18.7 Å². The third-order valence-electron chi connectivity index (χ3n) is 4.33. The fourth-order valence-electron chi connectivity index (χ4n) is 2.96. The van der Waals surface area contributed by atoms with E-state index < -0.39 is 0 Å². The van der Waals surface area contributed by atoms with E-state index in [-0.39, 0.29) is 18.2 Å². The molecule has 0 saturated heterocycles. The predicted molar refractivity (Wildman–Crippen MR) is 107 cm³/mol. The zero-order valence-corrected chi connectivity index (χ0v) is 16.0. The second-order valence-electron chi connectivity index (χ2n) is 6.20. The van der Waals surface area contributed by atoms with E-state index in [0.29, 0.717) is 6.42 Å². The Morgan fingerprint density at radius 3 is 1.63 bits per heavy atom. The van der Waals surface area contributed by atoms with E-state index >= 15 is 0 Å². The van der Waals surface area contributed by atoms with Crippen LogP contribution in [-0.4, -0.2) is 18.9 Å². The molecule has 138 valence electrons. The van der Waals surface area contributed by atoms with Crippen LogP contribution in [0.4, 0.5) is 0 Å². The Morgan fingerprint density at radius 2 is 1.15 bits per heavy atom. The standard InChI is InChI=1S/C24H23NO.ClH/c26-24(22-14-8-3-9-15-22)17-19-25-18-16-23(20-10-4-1-5-11-20)21-12-6-2-7-13-21;/h1-16,25H,17-19H2;1H. The van der Waals surface area contributed by atoms with E-state index in [4.69, 9.17) is 0 Å². The van der Waals surface area contributed by atoms with E-state index in [9.17, 15) is 4.79 Å². The molecule has 0 aliphatic heterocycles. The molecule has 0 aliphatic rings. The van der Waals surface area contributed by atoms with Gasteiger partial charge in [-0.2, -0.15) is 0 Å². The van der Waals surface area contributed by atoms with E-state index in [1.54, 1.807) is 0 Å². The first-order valence-corrected chi connectivity index (χ1v) is 9.05. The molecule has 2 N–H and O–H groups in total. The van der Waals surface area contributed by atoms with Gasteiger partial charge in [-0.3, -0.25) is 4.79 Å². The Kier molecular flexibility index (Phi) is 8.50. The van der Waals surface area contributed by atoms with Gasteiger partial charge < -0.3 is 17.7 Å². The number of Topliss-reactive ketones (excluding diaryl/α,β-unsaturated/α-hetero) is 1. The first kappa shape index (κ1) is 20.6. The molecule has 0 saturated carbocycles. The maximum atomic E-state index is 12.1. The maximum Gasteiger partial charge on any atom is 0.168 e. The SMILES string of the molecule is O=C(CC[NH2+]CC=C(c1ccccc1)c1ccccc1)c1ccccc1.[Cl-]. The number of carbonyl (C=O) groups excluding carboxylic acids is 1. The summed E-state index contributed by atoms with van der Waals surface area (Å²) in [4.78, 5) is 12.1. The third-order valence-corrected chi connectivity index (χ3v) is 4.33. The van der Waals surface area contributed by atoms with Gasteiger partial charge >= 0.3 is 0 Å². The Hall–Kier alpha value is -2.68. The van der Waals surface area contributed by atoms with Crippen molar-refractivity contribution in [3.8, 4) is 0 Å². The number of quaternary nitrogens is 1. The molecule has 0 spiro atoms. The summed E-state index contributed by atoms with van der Waals surface area (Å²) in [5.41, 5.74) is 4.46. The van der Waals surface area contributed by atoms with Crippen LogP contribution < -0.4 is 17.7 Å². The molecular weight excluding hydrogens is 354 g/mol. The van der Waals surface area contributed by atoms with Crippen LogP contribution in [0.25, 0.3) is 5.57 Å². The fraction of sp³-hybridized carbons (Fsp3) is 0.125. The molecule has 0 aliphatic carbocycles. The second kappa shape index (κ2) is 11.1. The number of benzene rings is 3. The quantitative estimate of drug-likeness (QED) is 0.460. The van der Waals surface area contributed by atoms with Crippen LogP contribution in [0.1, 0.15) is 27.9 Å². The molecular formula is C24H24ClNO. The Bertz CT molecular complexity index is 804. The Labute approximate surface area is 167 Å². The lowest BCUT2D eigenvalue weighted by Crippen LogP contribution is -3.00. The topological polar surface area (TPSA) is 33.7 Å². The molecule has 3 heteroatoms. The van der Waals surface area contributed by atoms with Gasteiger partial charge in [0, 0.05) is 5.56 Å². The number of carbonyl (C=O) groups is 1. The minimum Gasteiger partial charge on any atom is -1.00 e. The lowest BCUT2D eigenvalue weighted by Gasteiger charge is -2.08. The highest BCUT2D eigenvalue weighted by molar-refractivity contribution is 5.96. The van der Waals surface area contributed by atoms with Crippen LogP contribution in [0.15, 0.2) is 97.1 Å². The summed E-state index contributed by atoms with van der Waals surface area (Å²) in [6, 6.07) is 30.4. The minimum atomic E-state index is 0. The summed E-state index contributed by atoms with van der Waals surface area (Å²) in [5.74, 6) is 0.206. The zero-order chi connectivity index (χ0) is 18.0. The van der Waals surface area contributed by atoms with Crippen molar-refractivity contribution in [1.82, 2.24) is 0 Å². The molecule has 0 bridgehead atoms. The summed E-state index contributed by atoms with van der Waals surface area (Å²) in [6.45, 7) is 1.64. The van der Waals surface area contributed by atoms with E-state index in [1.807, 2.05) is 42.5 Å². The Balaban J connectivity index is 0.00000261. The fourth-order valence-corrected chi connectivity index (χ4v) is 2.96. The third kappa shape index (κ3) is 6.21. The highest BCUT2D eigenvalue weighted by atomic mass is 35.5. The van der Waals surface area contributed by atoms with Crippen molar-refractivity contribution >= 4 is 11.4 Å². The van der Waals surface area contributed by atoms with Crippen LogP contribution in [0.5, 0.6) is 0 Å². The molecule has 3 rings (SSSR count). The summed E-state index contributed by atoms with van der Waals surface area (Å²) >= 11 is 0. The van der Waals surface area contributed by atoms with Crippen LogP contribution in [0.2, 0.25) is 0 Å². The zero-order valence-electron chi connectivity index (χ0n) is 15.2. The highest BCUT2D eigenvalue weighted by Crippen LogP contribution is 2.22. The molecule has 3 aromatic carbocycles. The number of hydrogen-bond donors (Lipinski definition) is 1. The molecule has 0 heterocycles. The molecule has 0 atom stereocenters. The normalized spacial score (nSPS) is 9.93. The lowest BCUT2D eigenvalue weighted by molar-refractivity contribution is -0.644. The Morgan fingerprint density at radius 1 is 0.704 bits per heavy atom. The number of rotatable bonds is 8. The van der Waals surface area contributed by atoms with Crippen molar-refractivity contribution < 1.29 is 22.5 Å². The smallest absolute Gasteiger partial charge is 0.168 e. The van der Waals surface area contributed by atoms with Gasteiger partial charge in [0.25, 0.3) is 0 Å². The largest absolute Gasteiger partial charge is 1.00 e. The first-order chi connectivity index (χ1) is 12.8. The minimum absolute atomic E-state index is 0. The summed E-state index contributed by atoms with van der Waals surface area (Å²) in [5, 5.41) is 2.19. The summed E-state index contributed by atoms with van der Waals surface area (Å²) < 4.78 is 0. The average molecular weight is 378 g/mol. The van der Waals surface area contributed by atoms with Gasteiger partial charge in [0.1, 0.15) is 0 Å². The van der Waals surface area contributed by atoms with Gasteiger partial charge in [0.2, 0.25) is 0 Å². The molecule has 27 heavy (non-hydrogen) atoms. The van der Waals surface area contributed by atoms with Crippen molar-refractivity contribution in [2.75, 3.05) is 13.1 Å². The molecule has 0 amide bonds. The van der Waals surface area contributed by atoms with Gasteiger partial charge in [-0.1, -0.05) is 91.0 Å². The van der Waals surface area contributed by atoms with Crippen molar-refractivity contribution in [3.63, 3.8) is 0 Å². The highest BCUT2D eigenvalue weighted by Gasteiger charge is 2.07. The van der Waals surface area contributed by atoms with Crippen LogP contribution in [0, 0.1) is 0 Å². The molecule has 0 radical (unpaired) electrons. The molecule has 0 fully saturated rings. The van der Waals surface area contributed by atoms with Gasteiger partial charge in [0.05, 0.1) is 19.5 Å². The van der Waals surface area contributed by atoms with Crippen molar-refractivity contribution in [2.45, 2.75) is 6.42 Å². The van der Waals surface area contributed by atoms with Crippen molar-refractivity contribution in [3.05, 3.63) is 114 Å². The lowest BCUT2D eigenvalue weighted by atomic mass is 9.97. The predicted octanol–water partition coefficient (Wildman–Crippen LogP) is 0.959. The number of halogens is 1. The molecule has 2 nitrogen and oxygen atoms in total. The molecule has 0 aromatic heterocycles. The van der Waals surface area contributed by atoms with Crippen molar-refractivity contribution in [2.24, 2.45) is 0 Å². The van der Waals surface area contributed by atoms with Crippen LogP contribution in [-0.2, 0) is 0 Å². The summed E-state index contributed by atoms with van der Waals surface area (Å²) in [7, 11) is 0. The average Bonchev–Trinajstić information content (AvgIpc) is 2.72. The number of nitrogens with two attached hydrogens (primary N) is 1. The summed E-state index contributed by atoms with van der Waals surface area (Å²) in [6.07, 6.45) is 2.81. The van der Waals surface area contributed by atoms with E-state index in [2.05, 4.69) is 59.9 Å². The molecule has 0 unspecified atom stereocenters.